The summed E-state index contributed by atoms with van der Waals surface area (Å²) < 4.78 is 30.6. The molecule has 0 aromatic heterocycles. The molecule has 2 N–H and O–H groups in total. The quantitative estimate of drug-likeness (QED) is 0.142. The first-order valence-corrected chi connectivity index (χ1v) is 18.7. The molecule has 2 saturated carbocycles. The van der Waals surface area contributed by atoms with Gasteiger partial charge in [-0.1, -0.05) is 68.4 Å². The Bertz CT molecular complexity index is 2170. The molecule has 0 radical (unpaired) electrons. The highest BCUT2D eigenvalue weighted by molar-refractivity contribution is 5.96. The third-order valence-electron chi connectivity index (χ3n) is 12.6. The second kappa shape index (κ2) is 14.1. The van der Waals surface area contributed by atoms with Crippen molar-refractivity contribution in [3.8, 4) is 0 Å². The Morgan fingerprint density at radius 3 is 2.20 bits per heavy atom. The van der Waals surface area contributed by atoms with Crippen LogP contribution in [0.15, 0.2) is 90.0 Å². The molecule has 2 bridgehead atoms. The summed E-state index contributed by atoms with van der Waals surface area (Å²) >= 11 is 0. The average molecular weight is 767 g/mol. The number of benzene rings is 3. The van der Waals surface area contributed by atoms with Crippen molar-refractivity contribution in [2.75, 3.05) is 6.61 Å². The maximum absolute atomic E-state index is 15.6. The Morgan fingerprint density at radius 2 is 1.55 bits per heavy atom. The third-order valence-corrected chi connectivity index (χ3v) is 12.6. The molecule has 1 heterocycles. The first-order chi connectivity index (χ1) is 26.4. The van der Waals surface area contributed by atoms with Crippen LogP contribution in [0.1, 0.15) is 70.3 Å². The topological polar surface area (TPSA) is 172 Å². The van der Waals surface area contributed by atoms with Gasteiger partial charge < -0.3 is 33.9 Å². The maximum Gasteiger partial charge on any atom is 0.338 e. The van der Waals surface area contributed by atoms with Gasteiger partial charge in [-0.15, -0.1) is 0 Å². The van der Waals surface area contributed by atoms with E-state index in [1.165, 1.54) is 32.1 Å². The molecule has 9 atom stereocenters. The van der Waals surface area contributed by atoms with Gasteiger partial charge in [-0.05, 0) is 65.6 Å². The van der Waals surface area contributed by atoms with Crippen molar-refractivity contribution in [2.45, 2.75) is 96.1 Å². The zero-order chi connectivity index (χ0) is 40.4. The molecule has 1 saturated heterocycles. The van der Waals surface area contributed by atoms with Crippen LogP contribution in [0.2, 0.25) is 0 Å². The summed E-state index contributed by atoms with van der Waals surface area (Å²) in [5, 5.41) is 26.8. The normalized spacial score (nSPS) is 33.2. The van der Waals surface area contributed by atoms with E-state index in [1.54, 1.807) is 45.0 Å². The maximum atomic E-state index is 15.6. The van der Waals surface area contributed by atoms with E-state index >= 15 is 4.79 Å². The highest BCUT2D eigenvalue weighted by Gasteiger charge is 2.79. The average Bonchev–Trinajstić information content (AvgIpc) is 3.15. The Morgan fingerprint density at radius 1 is 0.875 bits per heavy atom. The van der Waals surface area contributed by atoms with E-state index in [0.29, 0.717) is 5.56 Å². The van der Waals surface area contributed by atoms with Crippen molar-refractivity contribution in [3.63, 3.8) is 0 Å². The zero-order valence-corrected chi connectivity index (χ0v) is 32.1. The van der Waals surface area contributed by atoms with E-state index in [0.717, 1.165) is 17.7 Å². The summed E-state index contributed by atoms with van der Waals surface area (Å²) in [5.74, 6) is -5.46. The van der Waals surface area contributed by atoms with E-state index < -0.39 is 88.1 Å². The lowest BCUT2D eigenvalue weighted by Gasteiger charge is -2.67. The summed E-state index contributed by atoms with van der Waals surface area (Å²) in [6.07, 6.45) is -4.80. The van der Waals surface area contributed by atoms with Crippen LogP contribution in [0.25, 0.3) is 16.8 Å². The van der Waals surface area contributed by atoms with Gasteiger partial charge in [0.15, 0.2) is 17.5 Å². The molecule has 294 valence electrons. The Kier molecular flexibility index (Phi) is 9.83. The summed E-state index contributed by atoms with van der Waals surface area (Å²) in [5.41, 5.74) is -6.15. The smallest absolute Gasteiger partial charge is 0.338 e. The van der Waals surface area contributed by atoms with Crippen LogP contribution >= 0.6 is 0 Å². The highest BCUT2D eigenvalue weighted by atomic mass is 16.6. The van der Waals surface area contributed by atoms with Gasteiger partial charge in [0.1, 0.15) is 23.9 Å². The van der Waals surface area contributed by atoms with Crippen molar-refractivity contribution in [1.82, 2.24) is 0 Å². The van der Waals surface area contributed by atoms with Gasteiger partial charge in [0, 0.05) is 38.2 Å². The van der Waals surface area contributed by atoms with E-state index in [4.69, 9.17) is 23.7 Å². The summed E-state index contributed by atoms with van der Waals surface area (Å²) in [6.45, 7) is 8.40. The molecular weight excluding hydrogens is 720 g/mol. The van der Waals surface area contributed by atoms with Crippen LogP contribution in [0, 0.1) is 16.7 Å². The molecule has 12 nitrogen and oxygen atoms in total. The predicted octanol–water partition coefficient (Wildman–Crippen LogP) is 5.07. The first-order valence-electron chi connectivity index (χ1n) is 18.7. The lowest BCUT2D eigenvalue weighted by atomic mass is 9.44. The van der Waals surface area contributed by atoms with Gasteiger partial charge in [-0.25, -0.2) is 9.59 Å². The molecule has 7 rings (SSSR count). The lowest BCUT2D eigenvalue weighted by Crippen LogP contribution is -2.82. The van der Waals surface area contributed by atoms with Crippen molar-refractivity contribution in [3.05, 3.63) is 101 Å². The summed E-state index contributed by atoms with van der Waals surface area (Å²) in [4.78, 5) is 69.5. The van der Waals surface area contributed by atoms with Gasteiger partial charge in [0.25, 0.3) is 0 Å². The summed E-state index contributed by atoms with van der Waals surface area (Å²) in [6, 6.07) is 21.5. The van der Waals surface area contributed by atoms with Crippen LogP contribution in [0.5, 0.6) is 0 Å². The van der Waals surface area contributed by atoms with Crippen LogP contribution in [0.4, 0.5) is 0 Å². The van der Waals surface area contributed by atoms with Crippen LogP contribution < -0.4 is 0 Å². The van der Waals surface area contributed by atoms with Crippen LogP contribution in [0.3, 0.4) is 0 Å². The van der Waals surface area contributed by atoms with Crippen molar-refractivity contribution < 1.29 is 57.9 Å². The fraction of sp³-hybridized carbons (Fsp3) is 0.432. The fourth-order valence-electron chi connectivity index (χ4n) is 9.71. The van der Waals surface area contributed by atoms with Crippen LogP contribution in [-0.2, 0) is 42.9 Å². The molecule has 12 heteroatoms. The van der Waals surface area contributed by atoms with Crippen molar-refractivity contribution >= 4 is 46.5 Å². The number of hydrogen-bond donors (Lipinski definition) is 2. The Labute approximate surface area is 324 Å². The van der Waals surface area contributed by atoms with E-state index in [2.05, 4.69) is 0 Å². The number of hydrogen-bond acceptors (Lipinski definition) is 12. The third kappa shape index (κ3) is 6.14. The molecular formula is C44H46O12. The molecule has 0 spiro atoms. The molecule has 3 aliphatic carbocycles. The molecule has 4 aliphatic rings. The molecule has 1 aliphatic heterocycles. The van der Waals surface area contributed by atoms with E-state index in [-0.39, 0.29) is 36.2 Å². The monoisotopic (exact) mass is 766 g/mol. The lowest BCUT2D eigenvalue weighted by molar-refractivity contribution is -0.346. The zero-order valence-electron chi connectivity index (χ0n) is 32.1. The predicted molar refractivity (Wildman–Crippen MR) is 202 cm³/mol. The largest absolute Gasteiger partial charge is 0.458 e. The SMILES string of the molecule is CC(=O)O[C@H]1C(=O)[C@]2(C)[C@@H](OC(=O)/C=C/c3ccc4ccccc4c3)C[C@H]3OC[C@@]3(OC(C)=O)[C@H]2[C@H](OC(=O)c2ccccc2)[C@]2(O)C[C@H](O)C(C)=C1C2(C)C. The van der Waals surface area contributed by atoms with Gasteiger partial charge in [-0.3, -0.25) is 14.4 Å². The van der Waals surface area contributed by atoms with Crippen LogP contribution in [-0.4, -0.2) is 88.2 Å². The number of ether oxygens (including phenoxy) is 5. The Hall–Kier alpha value is -5.17. The highest BCUT2D eigenvalue weighted by Crippen LogP contribution is 2.64. The number of rotatable bonds is 7. The number of fused-ring (bicyclic) bond motifs is 6. The van der Waals surface area contributed by atoms with Gasteiger partial charge >= 0.3 is 23.9 Å². The number of Topliss-reactive ketones (excluding diaryl/α,β-unsaturated/α-hetero) is 1. The second-order valence-electron chi connectivity index (χ2n) is 16.1. The standard InChI is InChI=1S/C44H46O12/c1-24-31(47)22-44(51)39(55-40(50)29-13-8-7-9-14-29)37-42(6,38(49)36(53-25(2)45)35(24)41(44,4)5)32(21-33-43(37,23-52-33)56-26(3)46)54-34(48)19-17-27-16-18-28-12-10-11-15-30(28)20-27/h7-20,31-33,36-37,39,47,51H,21-23H2,1-6H3/b19-17+/t31-,32-,33+,36+,37-,39-,42+,43-,44+/m0/s1. The number of esters is 4. The minimum atomic E-state index is -2.20. The number of ketones is 1. The number of aliphatic hydroxyl groups excluding tert-OH is 1. The molecule has 56 heavy (non-hydrogen) atoms. The molecule has 3 fully saturated rings. The fourth-order valence-corrected chi connectivity index (χ4v) is 9.71. The second-order valence-corrected chi connectivity index (χ2v) is 16.1. The summed E-state index contributed by atoms with van der Waals surface area (Å²) in [7, 11) is 0. The minimum Gasteiger partial charge on any atom is -0.458 e. The van der Waals surface area contributed by atoms with Gasteiger partial charge in [0.05, 0.1) is 29.6 Å². The number of aliphatic hydroxyl groups is 2. The van der Waals surface area contributed by atoms with Gasteiger partial charge in [-0.2, -0.15) is 0 Å². The number of carbonyl (C=O) groups is 5. The first kappa shape index (κ1) is 39.1. The van der Waals surface area contributed by atoms with E-state index in [9.17, 15) is 29.4 Å². The van der Waals surface area contributed by atoms with Crippen molar-refractivity contribution in [2.24, 2.45) is 16.7 Å². The molecule has 0 amide bonds. The molecule has 0 unspecified atom stereocenters. The minimum absolute atomic E-state index is 0.120. The Balaban J connectivity index is 1.42. The van der Waals surface area contributed by atoms with Crippen molar-refractivity contribution in [1.29, 1.82) is 0 Å². The number of carbonyl (C=O) groups excluding carboxylic acids is 5. The van der Waals surface area contributed by atoms with Gasteiger partial charge in [0.2, 0.25) is 0 Å². The molecule has 3 aromatic rings. The molecule has 3 aromatic carbocycles. The van der Waals surface area contributed by atoms with E-state index in [1.807, 2.05) is 42.5 Å².